The van der Waals surface area contributed by atoms with Gasteiger partial charge < -0.3 is 13.8 Å². The fraction of sp³-hybridized carbons (Fsp3) is 0.222. The normalized spacial score (nSPS) is 11.7. The van der Waals surface area contributed by atoms with E-state index in [1.165, 1.54) is 17.4 Å². The van der Waals surface area contributed by atoms with E-state index in [4.69, 9.17) is 9.26 Å². The van der Waals surface area contributed by atoms with Gasteiger partial charge in [0.2, 0.25) is 5.76 Å². The van der Waals surface area contributed by atoms with E-state index in [1.54, 1.807) is 32.1 Å². The Balaban J connectivity index is 2.10. The van der Waals surface area contributed by atoms with Gasteiger partial charge in [0.25, 0.3) is 0 Å². The molecule has 0 spiro atoms. The van der Waals surface area contributed by atoms with Crippen LogP contribution in [-0.2, 0) is 11.3 Å². The van der Waals surface area contributed by atoms with Crippen LogP contribution in [0.4, 0.5) is 0 Å². The van der Waals surface area contributed by atoms with E-state index < -0.39 is 5.91 Å². The van der Waals surface area contributed by atoms with Crippen LogP contribution in [0.25, 0.3) is 10.2 Å². The predicted molar refractivity (Wildman–Crippen MR) is 97.1 cm³/mol. The minimum atomic E-state index is -0.513. The highest BCUT2D eigenvalue weighted by Crippen LogP contribution is 2.20. The first-order valence-electron chi connectivity index (χ1n) is 7.97. The topological polar surface area (TPSA) is 86.7 Å². The standard InChI is InChI=1S/C18H17N3O4S/c1-4-8-21-13-7-6-12(17(23)24-5-2)10-15(13)26-18(21)19-16(22)14-9-11(3)20-25-14/h4,6-7,9-10H,1,5,8H2,2-3H3. The van der Waals surface area contributed by atoms with Crippen molar-refractivity contribution in [3.63, 3.8) is 0 Å². The zero-order chi connectivity index (χ0) is 18.7. The Hall–Kier alpha value is -3.00. The van der Waals surface area contributed by atoms with Gasteiger partial charge in [0.15, 0.2) is 4.80 Å². The first-order valence-corrected chi connectivity index (χ1v) is 8.79. The summed E-state index contributed by atoms with van der Waals surface area (Å²) in [7, 11) is 0. The molecule has 0 aliphatic carbocycles. The minimum Gasteiger partial charge on any atom is -0.462 e. The second kappa shape index (κ2) is 7.49. The van der Waals surface area contributed by atoms with Crippen LogP contribution in [-0.4, -0.2) is 28.2 Å². The summed E-state index contributed by atoms with van der Waals surface area (Å²) >= 11 is 1.30. The number of esters is 1. The van der Waals surface area contributed by atoms with Gasteiger partial charge in [0.1, 0.15) is 0 Å². The van der Waals surface area contributed by atoms with Crippen LogP contribution < -0.4 is 4.80 Å². The molecule has 7 nitrogen and oxygen atoms in total. The Kier molecular flexibility index (Phi) is 5.13. The van der Waals surface area contributed by atoms with Crippen molar-refractivity contribution in [1.82, 2.24) is 9.72 Å². The maximum Gasteiger partial charge on any atom is 0.338 e. The molecule has 0 aliphatic rings. The molecular formula is C18H17N3O4S. The number of allylic oxidation sites excluding steroid dienone is 1. The van der Waals surface area contributed by atoms with Crippen LogP contribution in [0.3, 0.4) is 0 Å². The molecule has 3 aromatic rings. The third-order valence-electron chi connectivity index (χ3n) is 3.54. The zero-order valence-electron chi connectivity index (χ0n) is 14.4. The lowest BCUT2D eigenvalue weighted by molar-refractivity contribution is 0.0526. The monoisotopic (exact) mass is 371 g/mol. The van der Waals surface area contributed by atoms with Gasteiger partial charge in [0, 0.05) is 12.6 Å². The van der Waals surface area contributed by atoms with Crippen molar-refractivity contribution in [2.75, 3.05) is 6.61 Å². The molecule has 0 N–H and O–H groups in total. The van der Waals surface area contributed by atoms with E-state index in [-0.39, 0.29) is 11.7 Å². The summed E-state index contributed by atoms with van der Waals surface area (Å²) in [6.45, 7) is 8.02. The van der Waals surface area contributed by atoms with E-state index in [1.807, 2.05) is 10.6 Å². The Morgan fingerprint density at radius 3 is 2.88 bits per heavy atom. The van der Waals surface area contributed by atoms with Crippen LogP contribution in [0.2, 0.25) is 0 Å². The molecular weight excluding hydrogens is 354 g/mol. The quantitative estimate of drug-likeness (QED) is 0.508. The molecule has 2 aromatic heterocycles. The molecule has 0 saturated heterocycles. The average molecular weight is 371 g/mol. The number of nitrogens with zero attached hydrogens (tertiary/aromatic N) is 3. The van der Waals surface area contributed by atoms with Crippen molar-refractivity contribution in [2.24, 2.45) is 4.99 Å². The zero-order valence-corrected chi connectivity index (χ0v) is 15.2. The summed E-state index contributed by atoms with van der Waals surface area (Å²) in [6, 6.07) is 6.78. The number of carbonyl (C=O) groups is 2. The number of carbonyl (C=O) groups excluding carboxylic acids is 2. The number of fused-ring (bicyclic) bond motifs is 1. The van der Waals surface area contributed by atoms with Gasteiger partial charge in [-0.3, -0.25) is 4.79 Å². The van der Waals surface area contributed by atoms with Crippen LogP contribution in [0.15, 0.2) is 46.4 Å². The van der Waals surface area contributed by atoms with E-state index in [9.17, 15) is 9.59 Å². The summed E-state index contributed by atoms with van der Waals surface area (Å²) in [5.74, 6) is -0.817. The van der Waals surface area contributed by atoms with Crippen LogP contribution in [0.1, 0.15) is 33.5 Å². The van der Waals surface area contributed by atoms with Crippen molar-refractivity contribution >= 4 is 33.4 Å². The van der Waals surface area contributed by atoms with Crippen LogP contribution in [0, 0.1) is 6.92 Å². The number of aryl methyl sites for hydroxylation is 1. The Morgan fingerprint density at radius 2 is 2.23 bits per heavy atom. The molecule has 134 valence electrons. The van der Waals surface area contributed by atoms with E-state index in [2.05, 4.69) is 16.7 Å². The molecule has 0 bridgehead atoms. The molecule has 0 fully saturated rings. The number of hydrogen-bond acceptors (Lipinski definition) is 6. The third-order valence-corrected chi connectivity index (χ3v) is 4.58. The molecule has 0 atom stereocenters. The number of thiazole rings is 1. The number of ether oxygens (including phenoxy) is 1. The lowest BCUT2D eigenvalue weighted by atomic mass is 10.2. The lowest BCUT2D eigenvalue weighted by Gasteiger charge is -2.03. The van der Waals surface area contributed by atoms with Crippen molar-refractivity contribution in [3.8, 4) is 0 Å². The second-order valence-electron chi connectivity index (χ2n) is 5.44. The number of rotatable bonds is 5. The van der Waals surface area contributed by atoms with Gasteiger partial charge in [-0.1, -0.05) is 22.6 Å². The SMILES string of the molecule is C=CCn1c(=NC(=O)c2cc(C)no2)sc2cc(C(=O)OCC)ccc21. The summed E-state index contributed by atoms with van der Waals surface area (Å²) in [6.07, 6.45) is 1.72. The molecule has 0 saturated carbocycles. The van der Waals surface area contributed by atoms with E-state index in [0.29, 0.717) is 29.2 Å². The highest BCUT2D eigenvalue weighted by Gasteiger charge is 2.14. The van der Waals surface area contributed by atoms with Gasteiger partial charge in [-0.2, -0.15) is 4.99 Å². The molecule has 0 unspecified atom stereocenters. The Bertz CT molecular complexity index is 1060. The van der Waals surface area contributed by atoms with Gasteiger partial charge >= 0.3 is 11.9 Å². The minimum absolute atomic E-state index is 0.0809. The smallest absolute Gasteiger partial charge is 0.338 e. The fourth-order valence-electron chi connectivity index (χ4n) is 2.41. The highest BCUT2D eigenvalue weighted by molar-refractivity contribution is 7.16. The third kappa shape index (κ3) is 3.50. The molecule has 1 aromatic carbocycles. The summed E-state index contributed by atoms with van der Waals surface area (Å²) in [5, 5.41) is 3.70. The van der Waals surface area contributed by atoms with Crippen LogP contribution >= 0.6 is 11.3 Å². The molecule has 3 rings (SSSR count). The largest absolute Gasteiger partial charge is 0.462 e. The Morgan fingerprint density at radius 1 is 1.42 bits per heavy atom. The van der Waals surface area contributed by atoms with Crippen molar-refractivity contribution in [1.29, 1.82) is 0 Å². The molecule has 1 amide bonds. The number of benzene rings is 1. The van der Waals surface area contributed by atoms with E-state index >= 15 is 0 Å². The van der Waals surface area contributed by atoms with Gasteiger partial charge in [-0.25, -0.2) is 4.79 Å². The summed E-state index contributed by atoms with van der Waals surface area (Å²) in [5.41, 5.74) is 1.91. The number of aromatic nitrogens is 2. The van der Waals surface area contributed by atoms with Gasteiger partial charge in [-0.05, 0) is 32.0 Å². The number of hydrogen-bond donors (Lipinski definition) is 0. The van der Waals surface area contributed by atoms with Crippen LogP contribution in [0.5, 0.6) is 0 Å². The molecule has 2 heterocycles. The highest BCUT2D eigenvalue weighted by atomic mass is 32.1. The average Bonchev–Trinajstić information content (AvgIpc) is 3.19. The lowest BCUT2D eigenvalue weighted by Crippen LogP contribution is -2.16. The van der Waals surface area contributed by atoms with Crippen molar-refractivity contribution in [2.45, 2.75) is 20.4 Å². The molecule has 0 radical (unpaired) electrons. The summed E-state index contributed by atoms with van der Waals surface area (Å²) < 4.78 is 12.7. The summed E-state index contributed by atoms with van der Waals surface area (Å²) in [4.78, 5) is 28.9. The molecule has 8 heteroatoms. The maximum absolute atomic E-state index is 12.3. The fourth-order valence-corrected chi connectivity index (χ4v) is 3.49. The van der Waals surface area contributed by atoms with Gasteiger partial charge in [0.05, 0.1) is 28.1 Å². The van der Waals surface area contributed by atoms with E-state index in [0.717, 1.165) is 10.2 Å². The van der Waals surface area contributed by atoms with Crippen molar-refractivity contribution in [3.05, 3.63) is 58.7 Å². The first kappa shape index (κ1) is 17.8. The Labute approximate surface area is 153 Å². The first-order chi connectivity index (χ1) is 12.5. The molecule has 0 aliphatic heterocycles. The van der Waals surface area contributed by atoms with Gasteiger partial charge in [-0.15, -0.1) is 6.58 Å². The number of amides is 1. The molecule has 26 heavy (non-hydrogen) atoms. The predicted octanol–water partition coefficient (Wildman–Crippen LogP) is 3.10. The second-order valence-corrected chi connectivity index (χ2v) is 6.45. The van der Waals surface area contributed by atoms with Crippen molar-refractivity contribution < 1.29 is 18.8 Å². The maximum atomic E-state index is 12.3.